The maximum atomic E-state index is 9.45. The molecule has 1 N–H and O–H groups in total. The lowest BCUT2D eigenvalue weighted by molar-refractivity contribution is 0.264. The van der Waals surface area contributed by atoms with E-state index in [0.29, 0.717) is 24.2 Å². The molecule has 2 aromatic heterocycles. The molecular weight excluding hydrogens is 256 g/mol. The van der Waals surface area contributed by atoms with E-state index in [4.69, 9.17) is 4.52 Å². The van der Waals surface area contributed by atoms with E-state index in [9.17, 15) is 5.11 Å². The number of aromatic nitrogens is 4. The van der Waals surface area contributed by atoms with E-state index in [1.807, 2.05) is 28.8 Å². The third-order valence-electron chi connectivity index (χ3n) is 3.59. The number of hydrogen-bond acceptors (Lipinski definition) is 5. The standard InChI is InChI=1S/C14H14N4O2/c19-8-12-15-10-3-1-2-4-11(10)18(12)7-13-16-14(17-20-13)9-5-6-9/h1-4,9,19H,5-8H2. The quantitative estimate of drug-likeness (QED) is 0.782. The Morgan fingerprint density at radius 1 is 1.25 bits per heavy atom. The van der Waals surface area contributed by atoms with Crippen molar-refractivity contribution in [3.8, 4) is 0 Å². The smallest absolute Gasteiger partial charge is 0.246 e. The minimum absolute atomic E-state index is 0.113. The van der Waals surface area contributed by atoms with Crippen LogP contribution in [0.3, 0.4) is 0 Å². The molecule has 1 fully saturated rings. The minimum atomic E-state index is -0.113. The molecule has 3 aromatic rings. The van der Waals surface area contributed by atoms with E-state index in [1.165, 1.54) is 0 Å². The zero-order valence-corrected chi connectivity index (χ0v) is 10.9. The molecule has 6 heteroatoms. The lowest BCUT2D eigenvalue weighted by atomic mass is 10.3. The minimum Gasteiger partial charge on any atom is -0.388 e. The Labute approximate surface area is 115 Å². The van der Waals surface area contributed by atoms with Crippen LogP contribution in [0, 0.1) is 0 Å². The predicted molar refractivity (Wildman–Crippen MR) is 71.0 cm³/mol. The van der Waals surface area contributed by atoms with Crippen LogP contribution in [-0.2, 0) is 13.2 Å². The molecular formula is C14H14N4O2. The summed E-state index contributed by atoms with van der Waals surface area (Å²) in [6.07, 6.45) is 2.30. The molecule has 102 valence electrons. The maximum Gasteiger partial charge on any atom is 0.246 e. The number of imidazole rings is 1. The van der Waals surface area contributed by atoms with Crippen molar-refractivity contribution in [3.63, 3.8) is 0 Å². The summed E-state index contributed by atoms with van der Waals surface area (Å²) in [5.74, 6) is 2.45. The van der Waals surface area contributed by atoms with Crippen molar-refractivity contribution < 1.29 is 9.63 Å². The number of hydrogen-bond donors (Lipinski definition) is 1. The second-order valence-corrected chi connectivity index (χ2v) is 5.08. The number of fused-ring (bicyclic) bond motifs is 1. The second-order valence-electron chi connectivity index (χ2n) is 5.08. The van der Waals surface area contributed by atoms with Crippen LogP contribution in [0.1, 0.15) is 36.3 Å². The van der Waals surface area contributed by atoms with Gasteiger partial charge in [-0.3, -0.25) is 0 Å². The van der Waals surface area contributed by atoms with E-state index < -0.39 is 0 Å². The van der Waals surface area contributed by atoms with Gasteiger partial charge in [-0.25, -0.2) is 4.98 Å². The number of aliphatic hydroxyl groups is 1. The van der Waals surface area contributed by atoms with Crippen LogP contribution < -0.4 is 0 Å². The molecule has 0 aliphatic heterocycles. The molecule has 4 rings (SSSR count). The molecule has 20 heavy (non-hydrogen) atoms. The van der Waals surface area contributed by atoms with Crippen molar-refractivity contribution >= 4 is 11.0 Å². The third kappa shape index (κ3) is 1.89. The lowest BCUT2D eigenvalue weighted by Crippen LogP contribution is -2.05. The summed E-state index contributed by atoms with van der Waals surface area (Å²) in [7, 11) is 0. The largest absolute Gasteiger partial charge is 0.388 e. The van der Waals surface area contributed by atoms with Crippen LogP contribution in [-0.4, -0.2) is 24.8 Å². The molecule has 0 spiro atoms. The van der Waals surface area contributed by atoms with E-state index in [2.05, 4.69) is 15.1 Å². The number of aliphatic hydroxyl groups excluding tert-OH is 1. The summed E-state index contributed by atoms with van der Waals surface area (Å²) in [6, 6.07) is 7.78. The van der Waals surface area contributed by atoms with Gasteiger partial charge in [-0.05, 0) is 25.0 Å². The summed E-state index contributed by atoms with van der Waals surface area (Å²) < 4.78 is 7.21. The normalized spacial score (nSPS) is 15.1. The highest BCUT2D eigenvalue weighted by Gasteiger charge is 2.28. The fourth-order valence-corrected chi connectivity index (χ4v) is 2.40. The van der Waals surface area contributed by atoms with Gasteiger partial charge in [-0.1, -0.05) is 17.3 Å². The van der Waals surface area contributed by atoms with Crippen molar-refractivity contribution in [2.75, 3.05) is 0 Å². The maximum absolute atomic E-state index is 9.45. The molecule has 0 amide bonds. The van der Waals surface area contributed by atoms with Crippen LogP contribution >= 0.6 is 0 Å². The first-order valence-corrected chi connectivity index (χ1v) is 6.72. The lowest BCUT2D eigenvalue weighted by Gasteiger charge is -2.03. The van der Waals surface area contributed by atoms with Gasteiger partial charge < -0.3 is 14.2 Å². The Morgan fingerprint density at radius 2 is 2.10 bits per heavy atom. The summed E-state index contributed by atoms with van der Waals surface area (Å²) in [6.45, 7) is 0.328. The Balaban J connectivity index is 1.72. The van der Waals surface area contributed by atoms with Gasteiger partial charge in [0, 0.05) is 5.92 Å². The van der Waals surface area contributed by atoms with Gasteiger partial charge in [-0.2, -0.15) is 4.98 Å². The fraction of sp³-hybridized carbons (Fsp3) is 0.357. The van der Waals surface area contributed by atoms with Gasteiger partial charge in [0.25, 0.3) is 0 Å². The Morgan fingerprint density at radius 3 is 2.90 bits per heavy atom. The first kappa shape index (κ1) is 11.6. The van der Waals surface area contributed by atoms with E-state index >= 15 is 0 Å². The fourth-order valence-electron chi connectivity index (χ4n) is 2.40. The molecule has 2 heterocycles. The molecule has 1 aromatic carbocycles. The van der Waals surface area contributed by atoms with Gasteiger partial charge in [0.1, 0.15) is 19.0 Å². The average molecular weight is 270 g/mol. The molecule has 1 aliphatic carbocycles. The number of rotatable bonds is 4. The molecule has 1 saturated carbocycles. The summed E-state index contributed by atoms with van der Waals surface area (Å²) >= 11 is 0. The Hall–Kier alpha value is -2.21. The van der Waals surface area contributed by atoms with Crippen LogP contribution in [0.4, 0.5) is 0 Å². The van der Waals surface area contributed by atoms with Gasteiger partial charge in [0.2, 0.25) is 5.89 Å². The van der Waals surface area contributed by atoms with Crippen molar-refractivity contribution in [3.05, 3.63) is 41.8 Å². The highest BCUT2D eigenvalue weighted by Crippen LogP contribution is 2.38. The predicted octanol–water partition coefficient (Wildman–Crippen LogP) is 1.84. The van der Waals surface area contributed by atoms with E-state index in [1.54, 1.807) is 0 Å². The topological polar surface area (TPSA) is 77.0 Å². The van der Waals surface area contributed by atoms with Crippen LogP contribution in [0.15, 0.2) is 28.8 Å². The van der Waals surface area contributed by atoms with Crippen LogP contribution in [0.25, 0.3) is 11.0 Å². The Bertz CT molecular complexity index is 757. The van der Waals surface area contributed by atoms with Gasteiger partial charge >= 0.3 is 0 Å². The highest BCUT2D eigenvalue weighted by atomic mass is 16.5. The van der Waals surface area contributed by atoms with Gasteiger partial charge in [-0.15, -0.1) is 0 Å². The molecule has 1 aliphatic rings. The molecule has 0 bridgehead atoms. The van der Waals surface area contributed by atoms with Crippen LogP contribution in [0.5, 0.6) is 0 Å². The Kier molecular flexibility index (Phi) is 2.56. The van der Waals surface area contributed by atoms with Crippen LogP contribution in [0.2, 0.25) is 0 Å². The first-order chi connectivity index (χ1) is 9.85. The first-order valence-electron chi connectivity index (χ1n) is 6.72. The van der Waals surface area contributed by atoms with Crippen molar-refractivity contribution in [2.45, 2.75) is 31.9 Å². The van der Waals surface area contributed by atoms with Gasteiger partial charge in [0.05, 0.1) is 11.0 Å². The number of nitrogens with zero attached hydrogens (tertiary/aromatic N) is 4. The molecule has 0 unspecified atom stereocenters. The summed E-state index contributed by atoms with van der Waals surface area (Å²) in [5, 5.41) is 13.5. The molecule has 6 nitrogen and oxygen atoms in total. The SMILES string of the molecule is OCc1nc2ccccc2n1Cc1nc(C2CC2)no1. The summed E-state index contributed by atoms with van der Waals surface area (Å²) in [5.41, 5.74) is 1.82. The molecule has 0 radical (unpaired) electrons. The van der Waals surface area contributed by atoms with Gasteiger partial charge in [0.15, 0.2) is 5.82 Å². The summed E-state index contributed by atoms with van der Waals surface area (Å²) in [4.78, 5) is 8.83. The van der Waals surface area contributed by atoms with Crippen molar-refractivity contribution in [1.82, 2.24) is 19.7 Å². The van der Waals surface area contributed by atoms with E-state index in [0.717, 1.165) is 29.7 Å². The molecule has 0 atom stereocenters. The monoisotopic (exact) mass is 270 g/mol. The third-order valence-corrected chi connectivity index (χ3v) is 3.59. The molecule has 0 saturated heterocycles. The zero-order valence-electron chi connectivity index (χ0n) is 10.9. The zero-order chi connectivity index (χ0) is 13.5. The number of benzene rings is 1. The highest BCUT2D eigenvalue weighted by molar-refractivity contribution is 5.75. The van der Waals surface area contributed by atoms with E-state index in [-0.39, 0.29) is 6.61 Å². The van der Waals surface area contributed by atoms with Crippen molar-refractivity contribution in [2.24, 2.45) is 0 Å². The second kappa shape index (κ2) is 4.42. The number of para-hydroxylation sites is 2. The van der Waals surface area contributed by atoms with Crippen molar-refractivity contribution in [1.29, 1.82) is 0 Å². The average Bonchev–Trinajstić information content (AvgIpc) is 3.13.